The van der Waals surface area contributed by atoms with E-state index in [1.807, 2.05) is 5.32 Å². The van der Waals surface area contributed by atoms with E-state index in [4.69, 9.17) is 0 Å². The number of imide groups is 1. The van der Waals surface area contributed by atoms with E-state index in [9.17, 15) is 31.9 Å². The van der Waals surface area contributed by atoms with Crippen LogP contribution in [0.4, 0.5) is 28.0 Å². The van der Waals surface area contributed by atoms with Crippen LogP contribution in [-0.4, -0.2) is 29.3 Å². The van der Waals surface area contributed by atoms with Gasteiger partial charge in [-0.2, -0.15) is 0 Å². The summed E-state index contributed by atoms with van der Waals surface area (Å²) < 4.78 is 54.8. The third-order valence-electron chi connectivity index (χ3n) is 4.27. The van der Waals surface area contributed by atoms with Crippen LogP contribution >= 0.6 is 0 Å². The molecule has 0 spiro atoms. The van der Waals surface area contributed by atoms with Crippen molar-refractivity contribution in [3.63, 3.8) is 0 Å². The van der Waals surface area contributed by atoms with Crippen LogP contribution in [0.2, 0.25) is 0 Å². The zero-order chi connectivity index (χ0) is 20.6. The van der Waals surface area contributed by atoms with Crippen LogP contribution in [0.5, 0.6) is 0 Å². The molecule has 0 saturated carbocycles. The highest BCUT2D eigenvalue weighted by molar-refractivity contribution is 6.10. The molecule has 0 aromatic heterocycles. The minimum absolute atomic E-state index is 0.422. The average Bonchev–Trinajstić information content (AvgIpc) is 2.84. The van der Waals surface area contributed by atoms with Crippen LogP contribution in [0.15, 0.2) is 36.4 Å². The van der Waals surface area contributed by atoms with Crippen molar-refractivity contribution in [3.05, 3.63) is 65.2 Å². The fraction of sp³-hybridized carbons (Fsp3) is 0.167. The smallest absolute Gasteiger partial charge is 0.320 e. The van der Waals surface area contributed by atoms with E-state index in [2.05, 4.69) is 5.32 Å². The van der Waals surface area contributed by atoms with Gasteiger partial charge in [-0.25, -0.2) is 22.4 Å². The number of rotatable bonds is 4. The molecule has 1 unspecified atom stereocenters. The first kappa shape index (κ1) is 19.3. The van der Waals surface area contributed by atoms with E-state index in [1.54, 1.807) is 0 Å². The molecule has 0 aliphatic carbocycles. The number of carbonyl (C=O) groups excluding carboxylic acids is 3. The summed E-state index contributed by atoms with van der Waals surface area (Å²) >= 11 is 0. The quantitative estimate of drug-likeness (QED) is 0.617. The third-order valence-corrected chi connectivity index (χ3v) is 4.27. The highest BCUT2D eigenvalue weighted by Gasteiger charge is 2.50. The van der Waals surface area contributed by atoms with E-state index in [0.29, 0.717) is 4.90 Å². The molecular weight excluding hydrogens is 382 g/mol. The first-order valence-electron chi connectivity index (χ1n) is 7.97. The van der Waals surface area contributed by atoms with Crippen molar-refractivity contribution in [2.45, 2.75) is 12.5 Å². The zero-order valence-electron chi connectivity index (χ0n) is 14.4. The summed E-state index contributed by atoms with van der Waals surface area (Å²) in [5, 5.41) is 4.15. The van der Waals surface area contributed by atoms with Crippen molar-refractivity contribution in [1.29, 1.82) is 0 Å². The molecule has 146 valence electrons. The van der Waals surface area contributed by atoms with Crippen LogP contribution < -0.4 is 10.6 Å². The van der Waals surface area contributed by atoms with Crippen LogP contribution in [0.25, 0.3) is 0 Å². The number of hydrogen-bond donors (Lipinski definition) is 2. The van der Waals surface area contributed by atoms with Crippen LogP contribution in [0, 0.1) is 23.3 Å². The lowest BCUT2D eigenvalue weighted by Crippen LogP contribution is -2.42. The van der Waals surface area contributed by atoms with Crippen molar-refractivity contribution in [3.8, 4) is 0 Å². The highest BCUT2D eigenvalue weighted by Crippen LogP contribution is 2.31. The summed E-state index contributed by atoms with van der Waals surface area (Å²) in [7, 11) is 0. The van der Waals surface area contributed by atoms with Gasteiger partial charge < -0.3 is 10.6 Å². The van der Waals surface area contributed by atoms with Crippen LogP contribution in [0.1, 0.15) is 12.5 Å². The summed E-state index contributed by atoms with van der Waals surface area (Å²) in [5.41, 5.74) is -3.11. The summed E-state index contributed by atoms with van der Waals surface area (Å²) in [6.07, 6.45) is 0. The standard InChI is InChI=1S/C18H13F4N3O3/c1-18(10-7-9(19)5-6-11(10)20)16(27)25(17(28)24-18)8-14(26)23-15-12(21)3-2-4-13(15)22/h2-7H,8H2,1H3,(H,23,26)(H,24,28). The maximum absolute atomic E-state index is 14.1. The van der Waals surface area contributed by atoms with Crippen molar-refractivity contribution < 1.29 is 31.9 Å². The number of hydrogen-bond acceptors (Lipinski definition) is 3. The number of benzene rings is 2. The third kappa shape index (κ3) is 3.28. The molecule has 2 N–H and O–H groups in total. The van der Waals surface area contributed by atoms with Gasteiger partial charge in [0.1, 0.15) is 41.0 Å². The second kappa shape index (κ2) is 6.95. The fourth-order valence-electron chi connectivity index (χ4n) is 2.84. The summed E-state index contributed by atoms with van der Waals surface area (Å²) in [5.74, 6) is -5.93. The Kier molecular flexibility index (Phi) is 4.80. The van der Waals surface area contributed by atoms with E-state index in [0.717, 1.165) is 43.3 Å². The zero-order valence-corrected chi connectivity index (χ0v) is 14.4. The predicted octanol–water partition coefficient (Wildman–Crippen LogP) is 2.65. The lowest BCUT2D eigenvalue weighted by Gasteiger charge is -2.22. The molecule has 1 atom stereocenters. The Morgan fingerprint density at radius 1 is 1.07 bits per heavy atom. The minimum atomic E-state index is -1.95. The molecule has 1 heterocycles. The predicted molar refractivity (Wildman–Crippen MR) is 88.9 cm³/mol. The number of carbonyl (C=O) groups is 3. The largest absolute Gasteiger partial charge is 0.325 e. The molecule has 28 heavy (non-hydrogen) atoms. The molecule has 1 fully saturated rings. The fourth-order valence-corrected chi connectivity index (χ4v) is 2.84. The van der Waals surface area contributed by atoms with Gasteiger partial charge in [0.15, 0.2) is 0 Å². The van der Waals surface area contributed by atoms with E-state index in [1.165, 1.54) is 0 Å². The monoisotopic (exact) mass is 395 g/mol. The van der Waals surface area contributed by atoms with E-state index >= 15 is 0 Å². The molecule has 2 aromatic rings. The first-order chi connectivity index (χ1) is 13.1. The topological polar surface area (TPSA) is 78.5 Å². The Hall–Kier alpha value is -3.43. The minimum Gasteiger partial charge on any atom is -0.320 e. The number of nitrogens with zero attached hydrogens (tertiary/aromatic N) is 1. The van der Waals surface area contributed by atoms with Crippen molar-refractivity contribution in [2.75, 3.05) is 11.9 Å². The Labute approximate surface area is 156 Å². The van der Waals surface area contributed by atoms with Gasteiger partial charge in [-0.3, -0.25) is 14.5 Å². The van der Waals surface area contributed by atoms with E-state index < -0.39 is 64.4 Å². The molecule has 6 nitrogen and oxygen atoms in total. The van der Waals surface area contributed by atoms with Gasteiger partial charge in [0, 0.05) is 5.56 Å². The number of halogens is 4. The number of nitrogens with one attached hydrogen (secondary N) is 2. The highest BCUT2D eigenvalue weighted by atomic mass is 19.1. The normalized spacial score (nSPS) is 19.0. The summed E-state index contributed by atoms with van der Waals surface area (Å²) in [4.78, 5) is 37.3. The Morgan fingerprint density at radius 2 is 1.71 bits per heavy atom. The Bertz CT molecular complexity index is 978. The van der Waals surface area contributed by atoms with Gasteiger partial charge in [0.2, 0.25) is 5.91 Å². The second-order valence-corrected chi connectivity index (χ2v) is 6.22. The molecule has 10 heteroatoms. The Balaban J connectivity index is 1.82. The maximum atomic E-state index is 14.1. The SMILES string of the molecule is CC1(c2cc(F)ccc2F)NC(=O)N(CC(=O)Nc2c(F)cccc2F)C1=O. The second-order valence-electron chi connectivity index (χ2n) is 6.22. The van der Waals surface area contributed by atoms with Crippen molar-refractivity contribution in [2.24, 2.45) is 0 Å². The molecule has 0 radical (unpaired) electrons. The number of urea groups is 1. The maximum Gasteiger partial charge on any atom is 0.325 e. The van der Waals surface area contributed by atoms with Gasteiger partial charge in [0.25, 0.3) is 5.91 Å². The van der Waals surface area contributed by atoms with Gasteiger partial charge in [-0.15, -0.1) is 0 Å². The van der Waals surface area contributed by atoms with Gasteiger partial charge in [-0.05, 0) is 37.3 Å². The number of anilines is 1. The summed E-state index contributed by atoms with van der Waals surface area (Å²) in [6.45, 7) is 0.268. The van der Waals surface area contributed by atoms with Crippen LogP contribution in [-0.2, 0) is 15.1 Å². The van der Waals surface area contributed by atoms with Gasteiger partial charge in [-0.1, -0.05) is 6.07 Å². The number of amides is 4. The lowest BCUT2D eigenvalue weighted by molar-refractivity contribution is -0.133. The van der Waals surface area contributed by atoms with E-state index in [-0.39, 0.29) is 0 Å². The molecule has 2 aromatic carbocycles. The molecule has 0 bridgehead atoms. The first-order valence-corrected chi connectivity index (χ1v) is 7.97. The Morgan fingerprint density at radius 3 is 2.36 bits per heavy atom. The lowest BCUT2D eigenvalue weighted by atomic mass is 9.91. The molecular formula is C18H13F4N3O3. The van der Waals surface area contributed by atoms with Crippen molar-refractivity contribution >= 4 is 23.5 Å². The average molecular weight is 395 g/mol. The molecule has 4 amide bonds. The molecule has 1 saturated heterocycles. The molecule has 1 aliphatic rings. The number of para-hydroxylation sites is 1. The van der Waals surface area contributed by atoms with Crippen LogP contribution in [0.3, 0.4) is 0 Å². The molecule has 1 aliphatic heterocycles. The van der Waals surface area contributed by atoms with Gasteiger partial charge in [0.05, 0.1) is 0 Å². The molecule has 3 rings (SSSR count). The van der Waals surface area contributed by atoms with Gasteiger partial charge >= 0.3 is 6.03 Å². The summed E-state index contributed by atoms with van der Waals surface area (Å²) in [6, 6.07) is 4.28. The van der Waals surface area contributed by atoms with Crippen molar-refractivity contribution in [1.82, 2.24) is 10.2 Å².